The minimum absolute atomic E-state index is 0.0195. The first-order valence-electron chi connectivity index (χ1n) is 6.04. The molecule has 5 heteroatoms. The van der Waals surface area contributed by atoms with Gasteiger partial charge >= 0.3 is 0 Å². The number of amides is 1. The van der Waals surface area contributed by atoms with Crippen LogP contribution < -0.4 is 10.6 Å². The van der Waals surface area contributed by atoms with Crippen molar-refractivity contribution in [2.75, 3.05) is 11.9 Å². The van der Waals surface area contributed by atoms with E-state index in [-0.39, 0.29) is 11.9 Å². The first-order chi connectivity index (χ1) is 8.56. The molecule has 0 aromatic heterocycles. The summed E-state index contributed by atoms with van der Waals surface area (Å²) in [6.07, 6.45) is 2.09. The van der Waals surface area contributed by atoms with Crippen molar-refractivity contribution in [2.24, 2.45) is 0 Å². The number of unbranched alkanes of at least 4 members (excludes halogenated alkanes) is 1. The number of halogens is 2. The van der Waals surface area contributed by atoms with Crippen LogP contribution in [0, 0.1) is 0 Å². The minimum atomic E-state index is -0.267. The van der Waals surface area contributed by atoms with Gasteiger partial charge in [-0.3, -0.25) is 4.79 Å². The van der Waals surface area contributed by atoms with Gasteiger partial charge in [-0.1, -0.05) is 19.4 Å². The van der Waals surface area contributed by atoms with E-state index < -0.39 is 0 Å². The second-order valence-corrected chi connectivity index (χ2v) is 5.82. The number of carbonyl (C=O) groups is 1. The highest BCUT2D eigenvalue weighted by molar-refractivity contribution is 9.11. The van der Waals surface area contributed by atoms with Crippen LogP contribution in [0.25, 0.3) is 0 Å². The SMILES string of the molecule is CCCCNC(=O)C(C)Nc1c(Br)cccc1Br. The molecule has 0 saturated carbocycles. The van der Waals surface area contributed by atoms with E-state index in [0.29, 0.717) is 0 Å². The number of benzene rings is 1. The van der Waals surface area contributed by atoms with Gasteiger partial charge in [0.05, 0.1) is 5.69 Å². The van der Waals surface area contributed by atoms with Crippen molar-refractivity contribution in [3.05, 3.63) is 27.1 Å². The van der Waals surface area contributed by atoms with Gasteiger partial charge in [-0.25, -0.2) is 0 Å². The van der Waals surface area contributed by atoms with Crippen LogP contribution >= 0.6 is 31.9 Å². The van der Waals surface area contributed by atoms with Crippen LogP contribution in [0.15, 0.2) is 27.1 Å². The molecular formula is C13H18Br2N2O. The number of carbonyl (C=O) groups excluding carboxylic acids is 1. The molecule has 2 N–H and O–H groups in total. The predicted octanol–water partition coefficient (Wildman–Crippen LogP) is 3.93. The summed E-state index contributed by atoms with van der Waals surface area (Å²) in [4.78, 5) is 11.8. The summed E-state index contributed by atoms with van der Waals surface area (Å²) >= 11 is 6.93. The molecule has 0 fully saturated rings. The molecule has 0 spiro atoms. The van der Waals surface area contributed by atoms with E-state index in [4.69, 9.17) is 0 Å². The molecular weight excluding hydrogens is 360 g/mol. The van der Waals surface area contributed by atoms with Gasteiger partial charge in [0.25, 0.3) is 0 Å². The van der Waals surface area contributed by atoms with Crippen molar-refractivity contribution in [2.45, 2.75) is 32.7 Å². The summed E-state index contributed by atoms with van der Waals surface area (Å²) in [5.41, 5.74) is 0.899. The molecule has 0 heterocycles. The van der Waals surface area contributed by atoms with Crippen LogP contribution in [-0.4, -0.2) is 18.5 Å². The second-order valence-electron chi connectivity index (χ2n) is 4.11. The maximum absolute atomic E-state index is 11.8. The van der Waals surface area contributed by atoms with Gasteiger partial charge in [0.15, 0.2) is 0 Å². The van der Waals surface area contributed by atoms with Crippen molar-refractivity contribution < 1.29 is 4.79 Å². The van der Waals surface area contributed by atoms with E-state index in [1.165, 1.54) is 0 Å². The minimum Gasteiger partial charge on any atom is -0.372 e. The van der Waals surface area contributed by atoms with E-state index in [1.54, 1.807) is 0 Å². The number of nitrogens with one attached hydrogen (secondary N) is 2. The Bertz CT molecular complexity index is 390. The molecule has 0 aliphatic heterocycles. The summed E-state index contributed by atoms with van der Waals surface area (Å²) in [6, 6.07) is 5.55. The van der Waals surface area contributed by atoms with Crippen LogP contribution in [0.5, 0.6) is 0 Å². The van der Waals surface area contributed by atoms with Crippen molar-refractivity contribution >= 4 is 43.5 Å². The van der Waals surface area contributed by atoms with Gasteiger partial charge < -0.3 is 10.6 Å². The molecule has 3 nitrogen and oxygen atoms in total. The van der Waals surface area contributed by atoms with Gasteiger partial charge in [0.1, 0.15) is 6.04 Å². The average Bonchev–Trinajstić information content (AvgIpc) is 2.34. The lowest BCUT2D eigenvalue weighted by atomic mass is 10.2. The Morgan fingerprint density at radius 2 is 1.94 bits per heavy atom. The zero-order chi connectivity index (χ0) is 13.5. The second kappa shape index (κ2) is 7.79. The normalized spacial score (nSPS) is 12.0. The van der Waals surface area contributed by atoms with Gasteiger partial charge in [-0.2, -0.15) is 0 Å². The van der Waals surface area contributed by atoms with E-state index in [1.807, 2.05) is 25.1 Å². The number of rotatable bonds is 6. The standard InChI is InChI=1S/C13H18Br2N2O/c1-3-4-8-16-13(18)9(2)17-12-10(14)6-5-7-11(12)15/h5-7,9,17H,3-4,8H2,1-2H3,(H,16,18). The van der Waals surface area contributed by atoms with Crippen LogP contribution in [0.4, 0.5) is 5.69 Å². The Morgan fingerprint density at radius 3 is 2.50 bits per heavy atom. The summed E-state index contributed by atoms with van der Waals surface area (Å²) in [6.45, 7) is 4.69. The predicted molar refractivity (Wildman–Crippen MR) is 82.8 cm³/mol. The van der Waals surface area contributed by atoms with Crippen LogP contribution in [0.1, 0.15) is 26.7 Å². The third-order valence-electron chi connectivity index (χ3n) is 2.55. The summed E-state index contributed by atoms with van der Waals surface area (Å²) in [5.74, 6) is 0.0195. The maximum Gasteiger partial charge on any atom is 0.242 e. The third kappa shape index (κ3) is 4.61. The van der Waals surface area contributed by atoms with E-state index in [2.05, 4.69) is 49.4 Å². The first-order valence-corrected chi connectivity index (χ1v) is 7.63. The molecule has 1 aromatic carbocycles. The Hall–Kier alpha value is -0.550. The Balaban J connectivity index is 2.58. The zero-order valence-corrected chi connectivity index (χ0v) is 13.8. The third-order valence-corrected chi connectivity index (χ3v) is 3.87. The molecule has 1 amide bonds. The zero-order valence-electron chi connectivity index (χ0n) is 10.6. The van der Waals surface area contributed by atoms with Crippen molar-refractivity contribution in [1.82, 2.24) is 5.32 Å². The number of para-hydroxylation sites is 1. The Labute approximate surface area is 125 Å². The van der Waals surface area contributed by atoms with Crippen molar-refractivity contribution in [3.63, 3.8) is 0 Å². The lowest BCUT2D eigenvalue weighted by Gasteiger charge is -2.17. The highest BCUT2D eigenvalue weighted by Gasteiger charge is 2.14. The molecule has 1 rings (SSSR count). The fraction of sp³-hybridized carbons (Fsp3) is 0.462. The Morgan fingerprint density at radius 1 is 1.33 bits per heavy atom. The molecule has 18 heavy (non-hydrogen) atoms. The van der Waals surface area contributed by atoms with Crippen molar-refractivity contribution in [1.29, 1.82) is 0 Å². The summed E-state index contributed by atoms with van der Waals surface area (Å²) < 4.78 is 1.87. The quantitative estimate of drug-likeness (QED) is 0.737. The Kier molecular flexibility index (Phi) is 6.71. The van der Waals surface area contributed by atoms with Gasteiger partial charge in [0.2, 0.25) is 5.91 Å². The van der Waals surface area contributed by atoms with Gasteiger partial charge in [-0.15, -0.1) is 0 Å². The van der Waals surface area contributed by atoms with Crippen LogP contribution in [-0.2, 0) is 4.79 Å². The van der Waals surface area contributed by atoms with Gasteiger partial charge in [0, 0.05) is 15.5 Å². The largest absolute Gasteiger partial charge is 0.372 e. The van der Waals surface area contributed by atoms with Crippen molar-refractivity contribution in [3.8, 4) is 0 Å². The lowest BCUT2D eigenvalue weighted by Crippen LogP contribution is -2.38. The molecule has 1 aromatic rings. The fourth-order valence-corrected chi connectivity index (χ4v) is 2.69. The highest BCUT2D eigenvalue weighted by atomic mass is 79.9. The van der Waals surface area contributed by atoms with Gasteiger partial charge in [-0.05, 0) is 57.3 Å². The smallest absolute Gasteiger partial charge is 0.242 e. The molecule has 0 saturated heterocycles. The summed E-state index contributed by atoms with van der Waals surface area (Å²) in [5, 5.41) is 6.11. The molecule has 1 atom stereocenters. The summed E-state index contributed by atoms with van der Waals surface area (Å²) in [7, 11) is 0. The van der Waals surface area contributed by atoms with E-state index in [0.717, 1.165) is 34.0 Å². The monoisotopic (exact) mass is 376 g/mol. The average molecular weight is 378 g/mol. The number of anilines is 1. The molecule has 100 valence electrons. The number of hydrogen-bond acceptors (Lipinski definition) is 2. The molecule has 0 radical (unpaired) electrons. The fourth-order valence-electron chi connectivity index (χ4n) is 1.46. The molecule has 0 aliphatic rings. The first kappa shape index (κ1) is 15.5. The highest BCUT2D eigenvalue weighted by Crippen LogP contribution is 2.30. The molecule has 0 aliphatic carbocycles. The van der Waals surface area contributed by atoms with E-state index >= 15 is 0 Å². The topological polar surface area (TPSA) is 41.1 Å². The lowest BCUT2D eigenvalue weighted by molar-refractivity contribution is -0.121. The number of hydrogen-bond donors (Lipinski definition) is 2. The van der Waals surface area contributed by atoms with Crippen LogP contribution in [0.2, 0.25) is 0 Å². The maximum atomic E-state index is 11.8. The van der Waals surface area contributed by atoms with Crippen LogP contribution in [0.3, 0.4) is 0 Å². The molecule has 1 unspecified atom stereocenters. The van der Waals surface area contributed by atoms with E-state index in [9.17, 15) is 4.79 Å². The molecule has 0 bridgehead atoms.